The first-order chi connectivity index (χ1) is 10.3. The van der Waals surface area contributed by atoms with Gasteiger partial charge in [-0.1, -0.05) is 30.3 Å². The van der Waals surface area contributed by atoms with Gasteiger partial charge in [-0.15, -0.1) is 0 Å². The molecule has 2 aromatic carbocycles. The van der Waals surface area contributed by atoms with Gasteiger partial charge in [-0.05, 0) is 36.6 Å². The van der Waals surface area contributed by atoms with Crippen LogP contribution in [0.15, 0.2) is 48.5 Å². The Kier molecular flexibility index (Phi) is 2.92. The Morgan fingerprint density at radius 2 is 1.95 bits per heavy atom. The van der Waals surface area contributed by atoms with Crippen LogP contribution in [0.25, 0.3) is 0 Å². The Morgan fingerprint density at radius 1 is 1.10 bits per heavy atom. The molecule has 1 atom stereocenters. The van der Waals surface area contributed by atoms with E-state index in [2.05, 4.69) is 11.4 Å². The van der Waals surface area contributed by atoms with Gasteiger partial charge in [-0.25, -0.2) is 0 Å². The van der Waals surface area contributed by atoms with E-state index in [1.165, 1.54) is 5.56 Å². The molecule has 3 nitrogen and oxygen atoms in total. The molecular formula is C18H17NO2. The predicted molar refractivity (Wildman–Crippen MR) is 82.0 cm³/mol. The fourth-order valence-electron chi connectivity index (χ4n) is 2.76. The van der Waals surface area contributed by atoms with Crippen LogP contribution >= 0.6 is 0 Å². The highest BCUT2D eigenvalue weighted by molar-refractivity contribution is 6.03. The second kappa shape index (κ2) is 4.92. The second-order valence-electron chi connectivity index (χ2n) is 5.77. The zero-order valence-corrected chi connectivity index (χ0v) is 11.7. The molecule has 1 aliphatic carbocycles. The summed E-state index contributed by atoms with van der Waals surface area (Å²) < 4.78 is 5.77. The lowest BCUT2D eigenvalue weighted by Crippen LogP contribution is -2.27. The molecule has 2 aliphatic rings. The molecule has 0 radical (unpaired) electrons. The highest BCUT2D eigenvalue weighted by atomic mass is 16.5. The number of carbonyl (C=O) groups excluding carboxylic acids is 1. The summed E-state index contributed by atoms with van der Waals surface area (Å²) in [5.74, 6) is 0.936. The van der Waals surface area contributed by atoms with E-state index in [9.17, 15) is 4.79 Å². The van der Waals surface area contributed by atoms with Crippen LogP contribution in [0.4, 0.5) is 5.69 Å². The molecule has 3 heteroatoms. The zero-order chi connectivity index (χ0) is 14.2. The first kappa shape index (κ1) is 12.5. The fraction of sp³-hybridized carbons (Fsp3) is 0.278. The minimum Gasteiger partial charge on any atom is -0.490 e. The maximum Gasteiger partial charge on any atom is 0.185 e. The number of ether oxygens (including phenoxy) is 1. The van der Waals surface area contributed by atoms with Crippen molar-refractivity contribution in [2.45, 2.75) is 31.4 Å². The van der Waals surface area contributed by atoms with Crippen LogP contribution in [0.1, 0.15) is 28.8 Å². The standard InChI is InChI=1S/C18H17NO2/c20-18(17-11-12-4-1-2-7-16(12)19-17)13-5-3-6-15(10-13)21-14-8-9-14/h1-7,10,14,17,19H,8-9,11H2. The molecule has 1 unspecified atom stereocenters. The van der Waals surface area contributed by atoms with Crippen molar-refractivity contribution in [2.24, 2.45) is 0 Å². The van der Waals surface area contributed by atoms with E-state index in [0.29, 0.717) is 6.10 Å². The lowest BCUT2D eigenvalue weighted by atomic mass is 10.0. The Morgan fingerprint density at radius 3 is 2.76 bits per heavy atom. The van der Waals surface area contributed by atoms with Gasteiger partial charge in [0.05, 0.1) is 12.1 Å². The van der Waals surface area contributed by atoms with Crippen LogP contribution in [0, 0.1) is 0 Å². The Balaban J connectivity index is 1.53. The molecule has 4 rings (SSSR count). The Labute approximate surface area is 123 Å². The number of fused-ring (bicyclic) bond motifs is 1. The summed E-state index contributed by atoms with van der Waals surface area (Å²) in [6.45, 7) is 0. The van der Waals surface area contributed by atoms with Crippen LogP contribution in [-0.2, 0) is 6.42 Å². The summed E-state index contributed by atoms with van der Waals surface area (Å²) in [6.07, 6.45) is 3.35. The average molecular weight is 279 g/mol. The summed E-state index contributed by atoms with van der Waals surface area (Å²) in [7, 11) is 0. The van der Waals surface area contributed by atoms with Crippen molar-refractivity contribution in [1.29, 1.82) is 0 Å². The van der Waals surface area contributed by atoms with Crippen LogP contribution in [0.5, 0.6) is 5.75 Å². The molecule has 0 saturated heterocycles. The van der Waals surface area contributed by atoms with Crippen LogP contribution in [0.3, 0.4) is 0 Å². The van der Waals surface area contributed by atoms with Gasteiger partial charge in [0.1, 0.15) is 5.75 Å². The number of hydrogen-bond acceptors (Lipinski definition) is 3. The quantitative estimate of drug-likeness (QED) is 0.871. The maximum atomic E-state index is 12.7. The molecule has 0 spiro atoms. The van der Waals surface area contributed by atoms with Crippen LogP contribution in [0.2, 0.25) is 0 Å². The van der Waals surface area contributed by atoms with Gasteiger partial charge in [0.25, 0.3) is 0 Å². The third-order valence-corrected chi connectivity index (χ3v) is 4.03. The number of para-hydroxylation sites is 1. The first-order valence-electron chi connectivity index (χ1n) is 7.45. The first-order valence-corrected chi connectivity index (χ1v) is 7.45. The van der Waals surface area contributed by atoms with E-state index in [1.807, 2.05) is 42.5 Å². The van der Waals surface area contributed by atoms with E-state index in [-0.39, 0.29) is 11.8 Å². The van der Waals surface area contributed by atoms with Crippen molar-refractivity contribution < 1.29 is 9.53 Å². The highest BCUT2D eigenvalue weighted by Gasteiger charge is 2.28. The summed E-state index contributed by atoms with van der Waals surface area (Å²) >= 11 is 0. The van der Waals surface area contributed by atoms with Crippen molar-refractivity contribution in [2.75, 3.05) is 5.32 Å². The molecule has 0 aromatic heterocycles. The van der Waals surface area contributed by atoms with Crippen LogP contribution in [-0.4, -0.2) is 17.9 Å². The Hall–Kier alpha value is -2.29. The van der Waals surface area contributed by atoms with Gasteiger partial charge >= 0.3 is 0 Å². The molecule has 21 heavy (non-hydrogen) atoms. The van der Waals surface area contributed by atoms with Gasteiger partial charge in [0.15, 0.2) is 5.78 Å². The number of hydrogen-bond donors (Lipinski definition) is 1. The number of nitrogens with one attached hydrogen (secondary N) is 1. The molecular weight excluding hydrogens is 262 g/mol. The lowest BCUT2D eigenvalue weighted by Gasteiger charge is -2.11. The van der Waals surface area contributed by atoms with Crippen molar-refractivity contribution in [3.63, 3.8) is 0 Å². The van der Waals surface area contributed by atoms with Gasteiger partial charge in [-0.3, -0.25) is 4.79 Å². The van der Waals surface area contributed by atoms with Crippen molar-refractivity contribution in [3.8, 4) is 5.75 Å². The molecule has 0 amide bonds. The zero-order valence-electron chi connectivity index (χ0n) is 11.7. The summed E-state index contributed by atoms with van der Waals surface area (Å²) in [5.41, 5.74) is 3.00. The van der Waals surface area contributed by atoms with E-state index in [0.717, 1.165) is 36.3 Å². The lowest BCUT2D eigenvalue weighted by molar-refractivity contribution is 0.0971. The maximum absolute atomic E-state index is 12.7. The van der Waals surface area contributed by atoms with Gasteiger partial charge in [-0.2, -0.15) is 0 Å². The highest BCUT2D eigenvalue weighted by Crippen LogP contribution is 2.29. The molecule has 0 bridgehead atoms. The smallest absolute Gasteiger partial charge is 0.185 e. The molecule has 1 aliphatic heterocycles. The van der Waals surface area contributed by atoms with Crippen molar-refractivity contribution in [3.05, 3.63) is 59.7 Å². The minimum atomic E-state index is -0.168. The van der Waals surface area contributed by atoms with E-state index in [1.54, 1.807) is 0 Å². The number of carbonyl (C=O) groups is 1. The monoisotopic (exact) mass is 279 g/mol. The second-order valence-corrected chi connectivity index (χ2v) is 5.77. The minimum absolute atomic E-state index is 0.132. The van der Waals surface area contributed by atoms with Crippen molar-refractivity contribution in [1.82, 2.24) is 0 Å². The third-order valence-electron chi connectivity index (χ3n) is 4.03. The molecule has 1 N–H and O–H groups in total. The summed E-state index contributed by atoms with van der Waals surface area (Å²) in [5, 5.41) is 3.31. The average Bonchev–Trinajstić information content (AvgIpc) is 3.21. The third kappa shape index (κ3) is 2.51. The number of benzene rings is 2. The largest absolute Gasteiger partial charge is 0.490 e. The van der Waals surface area contributed by atoms with Crippen molar-refractivity contribution >= 4 is 11.5 Å². The van der Waals surface area contributed by atoms with Gasteiger partial charge in [0.2, 0.25) is 0 Å². The topological polar surface area (TPSA) is 38.3 Å². The van der Waals surface area contributed by atoms with E-state index < -0.39 is 0 Å². The number of rotatable bonds is 4. The normalized spacial score (nSPS) is 19.7. The number of Topliss-reactive ketones (excluding diaryl/α,β-unsaturated/α-hetero) is 1. The summed E-state index contributed by atoms with van der Waals surface area (Å²) in [4.78, 5) is 12.7. The van der Waals surface area contributed by atoms with Gasteiger partial charge in [0, 0.05) is 17.7 Å². The van der Waals surface area contributed by atoms with Gasteiger partial charge < -0.3 is 10.1 Å². The molecule has 1 saturated carbocycles. The molecule has 106 valence electrons. The number of ketones is 1. The predicted octanol–water partition coefficient (Wildman–Crippen LogP) is 3.45. The fourth-order valence-corrected chi connectivity index (χ4v) is 2.76. The van der Waals surface area contributed by atoms with Crippen LogP contribution < -0.4 is 10.1 Å². The molecule has 1 fully saturated rings. The molecule has 2 aromatic rings. The molecule has 1 heterocycles. The number of anilines is 1. The van der Waals surface area contributed by atoms with E-state index in [4.69, 9.17) is 4.74 Å². The Bertz CT molecular complexity index is 666. The summed E-state index contributed by atoms with van der Waals surface area (Å²) in [6, 6.07) is 15.5. The van der Waals surface area contributed by atoms with E-state index >= 15 is 0 Å². The SMILES string of the molecule is O=C(c1cccc(OC2CC2)c1)C1Cc2ccccc2N1.